The molecule has 26 heavy (non-hydrogen) atoms. The van der Waals surface area contributed by atoms with Gasteiger partial charge in [-0.25, -0.2) is 9.29 Å². The van der Waals surface area contributed by atoms with Gasteiger partial charge in [-0.2, -0.15) is 0 Å². The van der Waals surface area contributed by atoms with E-state index in [2.05, 4.69) is 5.32 Å². The minimum atomic E-state index is -0.831. The average molecular weight is 374 g/mol. The van der Waals surface area contributed by atoms with E-state index in [0.717, 1.165) is 16.7 Å². The van der Waals surface area contributed by atoms with Crippen molar-refractivity contribution in [1.82, 2.24) is 0 Å². The summed E-state index contributed by atoms with van der Waals surface area (Å²) in [5.41, 5.74) is 0.763. The number of carbonyl (C=O) groups is 3. The normalized spacial score (nSPS) is 16.7. The Morgan fingerprint density at radius 3 is 2.58 bits per heavy atom. The van der Waals surface area contributed by atoms with Crippen LogP contribution in [0, 0.1) is 5.82 Å². The number of hydrogen-bond acceptors (Lipinski definition) is 5. The highest BCUT2D eigenvalue weighted by atomic mass is 32.2. The zero-order valence-corrected chi connectivity index (χ0v) is 14.6. The first kappa shape index (κ1) is 17.9. The molecule has 2 aromatic carbocycles. The molecule has 0 unspecified atom stereocenters. The lowest BCUT2D eigenvalue weighted by Gasteiger charge is -2.14. The molecule has 0 aliphatic carbocycles. The quantitative estimate of drug-likeness (QED) is 0.868. The first-order chi connectivity index (χ1) is 12.5. The van der Waals surface area contributed by atoms with Crippen LogP contribution < -0.4 is 15.0 Å². The summed E-state index contributed by atoms with van der Waals surface area (Å²) < 4.78 is 18.2. The molecule has 3 rings (SSSR count). The number of rotatable bonds is 5. The van der Waals surface area contributed by atoms with Gasteiger partial charge in [-0.05, 0) is 48.2 Å². The van der Waals surface area contributed by atoms with Crippen LogP contribution in [-0.2, 0) is 9.59 Å². The van der Waals surface area contributed by atoms with Gasteiger partial charge in [0.15, 0.2) is 0 Å². The minimum absolute atomic E-state index is 0.162. The molecule has 0 saturated carbocycles. The number of para-hydroxylation sites is 2. The third-order valence-electron chi connectivity index (χ3n) is 3.76. The summed E-state index contributed by atoms with van der Waals surface area (Å²) in [5, 5.41) is 1.36. The van der Waals surface area contributed by atoms with Crippen molar-refractivity contribution in [3.63, 3.8) is 0 Å². The Balaban J connectivity index is 1.69. The van der Waals surface area contributed by atoms with Crippen molar-refractivity contribution >= 4 is 40.2 Å². The maximum Gasteiger partial charge on any atom is 0.293 e. The van der Waals surface area contributed by atoms with Crippen molar-refractivity contribution in [3.8, 4) is 5.75 Å². The van der Waals surface area contributed by atoms with Crippen LogP contribution >= 0.6 is 11.8 Å². The minimum Gasteiger partial charge on any atom is -0.495 e. The van der Waals surface area contributed by atoms with Gasteiger partial charge < -0.3 is 10.1 Å². The largest absolute Gasteiger partial charge is 0.495 e. The van der Waals surface area contributed by atoms with E-state index in [1.54, 1.807) is 24.3 Å². The van der Waals surface area contributed by atoms with Gasteiger partial charge in [0, 0.05) is 6.42 Å². The number of imide groups is 1. The lowest BCUT2D eigenvalue weighted by molar-refractivity contribution is -0.121. The predicted molar refractivity (Wildman–Crippen MR) is 96.9 cm³/mol. The Labute approximate surface area is 153 Å². The van der Waals surface area contributed by atoms with E-state index in [9.17, 15) is 18.8 Å². The molecule has 0 spiro atoms. The molecule has 3 amide bonds. The zero-order valence-electron chi connectivity index (χ0n) is 13.8. The van der Waals surface area contributed by atoms with Gasteiger partial charge in [0.25, 0.3) is 5.24 Å². The van der Waals surface area contributed by atoms with Gasteiger partial charge in [0.2, 0.25) is 11.8 Å². The maximum atomic E-state index is 13.0. The smallest absolute Gasteiger partial charge is 0.293 e. The molecule has 6 nitrogen and oxygen atoms in total. The number of carbonyl (C=O) groups excluding carboxylic acids is 3. The zero-order chi connectivity index (χ0) is 18.7. The standard InChI is InChI=1S/C18H15FN2O4S/c1-25-14-5-3-2-4-13(14)20-16(22)10-15-17(23)21(18(24)26-15)12-8-6-11(19)7-9-12/h2-9,15H,10H2,1H3,(H,20,22)/t15-/m0/s1. The van der Waals surface area contributed by atoms with Crippen LogP contribution in [-0.4, -0.2) is 29.4 Å². The van der Waals surface area contributed by atoms with E-state index in [1.807, 2.05) is 0 Å². The Morgan fingerprint density at radius 1 is 1.19 bits per heavy atom. The molecule has 0 aromatic heterocycles. The highest BCUT2D eigenvalue weighted by Gasteiger charge is 2.41. The van der Waals surface area contributed by atoms with Crippen LogP contribution in [0.5, 0.6) is 5.75 Å². The van der Waals surface area contributed by atoms with Crippen LogP contribution in [0.2, 0.25) is 0 Å². The number of anilines is 2. The first-order valence-corrected chi connectivity index (χ1v) is 8.60. The van der Waals surface area contributed by atoms with Gasteiger partial charge in [-0.15, -0.1) is 0 Å². The van der Waals surface area contributed by atoms with E-state index in [1.165, 1.54) is 31.4 Å². The molecule has 0 bridgehead atoms. The molecule has 1 aliphatic heterocycles. The second-order valence-electron chi connectivity index (χ2n) is 5.48. The number of amides is 3. The van der Waals surface area contributed by atoms with Gasteiger partial charge in [-0.1, -0.05) is 12.1 Å². The fraction of sp³-hybridized carbons (Fsp3) is 0.167. The number of thioether (sulfide) groups is 1. The number of ether oxygens (including phenoxy) is 1. The number of hydrogen-bond donors (Lipinski definition) is 1. The van der Waals surface area contributed by atoms with Crippen molar-refractivity contribution in [1.29, 1.82) is 0 Å². The van der Waals surface area contributed by atoms with E-state index in [-0.39, 0.29) is 12.1 Å². The SMILES string of the molecule is COc1ccccc1NC(=O)C[C@@H]1SC(=O)N(c2ccc(F)cc2)C1=O. The summed E-state index contributed by atoms with van der Waals surface area (Å²) in [6.07, 6.45) is -0.162. The fourth-order valence-electron chi connectivity index (χ4n) is 2.53. The molecular formula is C18H15FN2O4S. The maximum absolute atomic E-state index is 13.0. The van der Waals surface area contributed by atoms with Gasteiger partial charge in [0.05, 0.1) is 18.5 Å². The predicted octanol–water partition coefficient (Wildman–Crippen LogP) is 3.43. The summed E-state index contributed by atoms with van der Waals surface area (Å²) >= 11 is 0.781. The highest BCUT2D eigenvalue weighted by Crippen LogP contribution is 2.34. The van der Waals surface area contributed by atoms with Crippen LogP contribution in [0.3, 0.4) is 0 Å². The van der Waals surface area contributed by atoms with Crippen molar-refractivity contribution in [3.05, 3.63) is 54.3 Å². The third kappa shape index (κ3) is 3.70. The molecule has 1 heterocycles. The van der Waals surface area contributed by atoms with Crippen LogP contribution in [0.4, 0.5) is 20.6 Å². The number of nitrogens with one attached hydrogen (secondary N) is 1. The van der Waals surface area contributed by atoms with E-state index in [4.69, 9.17) is 4.74 Å². The average Bonchev–Trinajstić information content (AvgIpc) is 2.90. The lowest BCUT2D eigenvalue weighted by atomic mass is 10.2. The molecule has 1 saturated heterocycles. The number of methoxy groups -OCH3 is 1. The van der Waals surface area contributed by atoms with Crippen molar-refractivity contribution < 1.29 is 23.5 Å². The molecule has 2 aromatic rings. The van der Waals surface area contributed by atoms with E-state index < -0.39 is 28.1 Å². The first-order valence-electron chi connectivity index (χ1n) is 7.72. The lowest BCUT2D eigenvalue weighted by Crippen LogP contribution is -2.33. The van der Waals surface area contributed by atoms with Crippen molar-refractivity contribution in [2.24, 2.45) is 0 Å². The Hall–Kier alpha value is -2.87. The molecule has 8 heteroatoms. The fourth-order valence-corrected chi connectivity index (χ4v) is 3.51. The Kier molecular flexibility index (Phi) is 5.22. The molecular weight excluding hydrogens is 359 g/mol. The Bertz CT molecular complexity index is 857. The summed E-state index contributed by atoms with van der Waals surface area (Å²) in [6, 6.07) is 11.9. The van der Waals surface area contributed by atoms with E-state index in [0.29, 0.717) is 11.4 Å². The summed E-state index contributed by atoms with van der Waals surface area (Å²) in [4.78, 5) is 37.9. The molecule has 1 atom stereocenters. The molecule has 0 radical (unpaired) electrons. The molecule has 1 fully saturated rings. The second-order valence-corrected chi connectivity index (χ2v) is 6.63. The van der Waals surface area contributed by atoms with Crippen molar-refractivity contribution in [2.45, 2.75) is 11.7 Å². The van der Waals surface area contributed by atoms with E-state index >= 15 is 0 Å². The molecule has 1 aliphatic rings. The Morgan fingerprint density at radius 2 is 1.88 bits per heavy atom. The van der Waals surface area contributed by atoms with Crippen LogP contribution in [0.15, 0.2) is 48.5 Å². The number of halogens is 1. The number of benzene rings is 2. The molecule has 1 N–H and O–H groups in total. The summed E-state index contributed by atoms with van der Waals surface area (Å²) in [6.45, 7) is 0. The summed E-state index contributed by atoms with van der Waals surface area (Å²) in [5.74, 6) is -0.876. The van der Waals surface area contributed by atoms with Gasteiger partial charge in [-0.3, -0.25) is 14.4 Å². The number of nitrogens with zero attached hydrogens (tertiary/aromatic N) is 1. The monoisotopic (exact) mass is 374 g/mol. The van der Waals surface area contributed by atoms with Crippen LogP contribution in [0.25, 0.3) is 0 Å². The topological polar surface area (TPSA) is 75.7 Å². The van der Waals surface area contributed by atoms with Gasteiger partial charge in [0.1, 0.15) is 16.8 Å². The highest BCUT2D eigenvalue weighted by molar-refractivity contribution is 8.15. The molecule has 134 valence electrons. The summed E-state index contributed by atoms with van der Waals surface area (Å²) in [7, 11) is 1.49. The van der Waals surface area contributed by atoms with Gasteiger partial charge >= 0.3 is 0 Å². The van der Waals surface area contributed by atoms with Crippen LogP contribution in [0.1, 0.15) is 6.42 Å². The second kappa shape index (κ2) is 7.57. The third-order valence-corrected chi connectivity index (χ3v) is 4.80. The van der Waals surface area contributed by atoms with Crippen molar-refractivity contribution in [2.75, 3.05) is 17.3 Å².